The molecular weight excluding hydrogens is 426 g/mol. The third-order valence-electron chi connectivity index (χ3n) is 4.77. The Hall–Kier alpha value is -3.88. The Kier molecular flexibility index (Phi) is 10.4. The number of ether oxygens (including phenoxy) is 2. The van der Waals surface area contributed by atoms with E-state index < -0.39 is 12.0 Å². The van der Waals surface area contributed by atoms with Crippen LogP contribution in [0.2, 0.25) is 0 Å². The quantitative estimate of drug-likeness (QED) is 0.414. The number of methoxy groups -OCH3 is 2. The largest absolute Gasteiger partial charge is 0.497 e. The van der Waals surface area contributed by atoms with Crippen molar-refractivity contribution in [3.63, 3.8) is 0 Å². The second-order valence-electron chi connectivity index (χ2n) is 7.17. The van der Waals surface area contributed by atoms with Crippen LogP contribution >= 0.6 is 0 Å². The molecule has 2 aromatic rings. The molecule has 0 bridgehead atoms. The van der Waals surface area contributed by atoms with E-state index in [9.17, 15) is 19.2 Å². The Balaban J connectivity index is 1.68. The van der Waals surface area contributed by atoms with Gasteiger partial charge in [0.1, 0.15) is 11.8 Å². The monoisotopic (exact) mass is 455 g/mol. The van der Waals surface area contributed by atoms with Gasteiger partial charge >= 0.3 is 5.97 Å². The average molecular weight is 456 g/mol. The lowest BCUT2D eigenvalue weighted by Crippen LogP contribution is -2.44. The third-order valence-corrected chi connectivity index (χ3v) is 4.77. The highest BCUT2D eigenvalue weighted by Gasteiger charge is 2.21. The molecule has 9 nitrogen and oxygen atoms in total. The van der Waals surface area contributed by atoms with Gasteiger partial charge in [-0.15, -0.1) is 0 Å². The summed E-state index contributed by atoms with van der Waals surface area (Å²) in [4.78, 5) is 48.2. The Bertz CT molecular complexity index is 931. The van der Waals surface area contributed by atoms with Crippen LogP contribution in [0.25, 0.3) is 0 Å². The summed E-state index contributed by atoms with van der Waals surface area (Å²) in [6.45, 7) is 0.265. The molecule has 0 fully saturated rings. The van der Waals surface area contributed by atoms with Crippen molar-refractivity contribution < 1.29 is 28.7 Å². The van der Waals surface area contributed by atoms with Gasteiger partial charge in [0, 0.05) is 37.9 Å². The number of carbonyl (C=O) groups excluding carboxylic acids is 4. The van der Waals surface area contributed by atoms with Gasteiger partial charge in [-0.05, 0) is 29.8 Å². The molecule has 0 aliphatic carbocycles. The highest BCUT2D eigenvalue weighted by molar-refractivity contribution is 5.94. The standard InChI is InChI=1S/C24H29N3O6/c1-32-19-10-8-18(9-11-19)23(30)26-15-12-21(28)25-14-13-22(29)27-20(24(31)33-2)16-17-6-4-3-5-7-17/h3-11,20H,12-16H2,1-2H3,(H,25,28)(H,26,30)(H,27,29). The summed E-state index contributed by atoms with van der Waals surface area (Å²) in [5.41, 5.74) is 1.35. The Morgan fingerprint density at radius 3 is 2.09 bits per heavy atom. The summed E-state index contributed by atoms with van der Waals surface area (Å²) < 4.78 is 9.82. The van der Waals surface area contributed by atoms with Crippen molar-refractivity contribution in [2.75, 3.05) is 27.3 Å². The topological polar surface area (TPSA) is 123 Å². The zero-order valence-corrected chi connectivity index (χ0v) is 18.8. The Labute approximate surface area is 192 Å². The molecule has 1 atom stereocenters. The number of esters is 1. The number of hydrogen-bond acceptors (Lipinski definition) is 6. The molecular formula is C24H29N3O6. The maximum Gasteiger partial charge on any atom is 0.328 e. The summed E-state index contributed by atoms with van der Waals surface area (Å²) >= 11 is 0. The number of benzene rings is 2. The van der Waals surface area contributed by atoms with Crippen LogP contribution in [-0.2, 0) is 25.5 Å². The first-order chi connectivity index (χ1) is 15.9. The number of carbonyl (C=O) groups is 4. The molecule has 0 radical (unpaired) electrons. The van der Waals surface area contributed by atoms with E-state index in [0.717, 1.165) is 5.56 Å². The van der Waals surface area contributed by atoms with Crippen molar-refractivity contribution in [2.45, 2.75) is 25.3 Å². The highest BCUT2D eigenvalue weighted by atomic mass is 16.5. The maximum absolute atomic E-state index is 12.2. The van der Waals surface area contributed by atoms with Crippen LogP contribution in [0.1, 0.15) is 28.8 Å². The van der Waals surface area contributed by atoms with E-state index in [1.165, 1.54) is 7.11 Å². The van der Waals surface area contributed by atoms with Gasteiger partial charge in [-0.25, -0.2) is 4.79 Å². The summed E-state index contributed by atoms with van der Waals surface area (Å²) in [6.07, 6.45) is 0.383. The molecule has 2 rings (SSSR count). The van der Waals surface area contributed by atoms with Crippen molar-refractivity contribution in [1.82, 2.24) is 16.0 Å². The molecule has 3 N–H and O–H groups in total. The van der Waals surface area contributed by atoms with Gasteiger partial charge < -0.3 is 25.4 Å². The van der Waals surface area contributed by atoms with Crippen molar-refractivity contribution in [1.29, 1.82) is 0 Å². The van der Waals surface area contributed by atoms with Crippen LogP contribution in [0.15, 0.2) is 54.6 Å². The molecule has 33 heavy (non-hydrogen) atoms. The van der Waals surface area contributed by atoms with Crippen LogP contribution in [0.4, 0.5) is 0 Å². The van der Waals surface area contributed by atoms with Gasteiger partial charge in [-0.1, -0.05) is 30.3 Å². The first kappa shape index (κ1) is 25.4. The Morgan fingerprint density at radius 2 is 1.45 bits per heavy atom. The number of rotatable bonds is 12. The summed E-state index contributed by atoms with van der Waals surface area (Å²) in [7, 11) is 2.81. The van der Waals surface area contributed by atoms with Gasteiger partial charge in [0.25, 0.3) is 5.91 Å². The van der Waals surface area contributed by atoms with Gasteiger partial charge in [0.05, 0.1) is 14.2 Å². The molecule has 0 saturated heterocycles. The lowest BCUT2D eigenvalue weighted by Gasteiger charge is -2.16. The lowest BCUT2D eigenvalue weighted by molar-refractivity contribution is -0.145. The van der Waals surface area contributed by atoms with E-state index in [1.807, 2.05) is 30.3 Å². The minimum absolute atomic E-state index is 0.00618. The average Bonchev–Trinajstić information content (AvgIpc) is 2.83. The minimum atomic E-state index is -0.811. The first-order valence-corrected chi connectivity index (χ1v) is 10.5. The molecule has 176 valence electrons. The number of nitrogens with one attached hydrogen (secondary N) is 3. The van der Waals surface area contributed by atoms with E-state index >= 15 is 0 Å². The van der Waals surface area contributed by atoms with E-state index in [2.05, 4.69) is 16.0 Å². The molecule has 2 aromatic carbocycles. The summed E-state index contributed by atoms with van der Waals surface area (Å²) in [5.74, 6) is -0.866. The molecule has 0 aromatic heterocycles. The second-order valence-corrected chi connectivity index (χ2v) is 7.17. The summed E-state index contributed by atoms with van der Waals surface area (Å²) in [6, 6.07) is 15.1. The molecule has 1 unspecified atom stereocenters. The van der Waals surface area contributed by atoms with Gasteiger partial charge in [-0.3, -0.25) is 14.4 Å². The number of hydrogen-bond donors (Lipinski definition) is 3. The summed E-state index contributed by atoms with van der Waals surface area (Å²) in [5, 5.41) is 7.93. The first-order valence-electron chi connectivity index (χ1n) is 10.5. The van der Waals surface area contributed by atoms with Crippen molar-refractivity contribution >= 4 is 23.7 Å². The second kappa shape index (κ2) is 13.5. The molecule has 3 amide bonds. The van der Waals surface area contributed by atoms with Crippen LogP contribution in [0.5, 0.6) is 5.75 Å². The van der Waals surface area contributed by atoms with Crippen LogP contribution in [-0.4, -0.2) is 57.0 Å². The molecule has 0 aliphatic heterocycles. The van der Waals surface area contributed by atoms with Crippen molar-refractivity contribution in [2.24, 2.45) is 0 Å². The maximum atomic E-state index is 12.2. The van der Waals surface area contributed by atoms with Gasteiger partial charge in [0.15, 0.2) is 0 Å². The zero-order chi connectivity index (χ0) is 24.1. The molecule has 0 aliphatic rings. The van der Waals surface area contributed by atoms with Crippen LogP contribution < -0.4 is 20.7 Å². The molecule has 0 heterocycles. The van der Waals surface area contributed by atoms with E-state index in [0.29, 0.717) is 17.7 Å². The molecule has 9 heteroatoms. The predicted molar refractivity (Wildman–Crippen MR) is 122 cm³/mol. The van der Waals surface area contributed by atoms with Crippen LogP contribution in [0.3, 0.4) is 0 Å². The smallest absolute Gasteiger partial charge is 0.328 e. The SMILES string of the molecule is COC(=O)C(Cc1ccccc1)NC(=O)CCNC(=O)CCNC(=O)c1ccc(OC)cc1. The normalized spacial score (nSPS) is 11.1. The molecule has 0 saturated carbocycles. The third kappa shape index (κ3) is 9.02. The fraction of sp³-hybridized carbons (Fsp3) is 0.333. The van der Waals surface area contributed by atoms with E-state index in [-0.39, 0.29) is 43.7 Å². The highest BCUT2D eigenvalue weighted by Crippen LogP contribution is 2.11. The van der Waals surface area contributed by atoms with Crippen molar-refractivity contribution in [3.8, 4) is 5.75 Å². The van der Waals surface area contributed by atoms with E-state index in [1.54, 1.807) is 31.4 Å². The van der Waals surface area contributed by atoms with Gasteiger partial charge in [0.2, 0.25) is 11.8 Å². The Morgan fingerprint density at radius 1 is 0.818 bits per heavy atom. The lowest BCUT2D eigenvalue weighted by atomic mass is 10.1. The zero-order valence-electron chi connectivity index (χ0n) is 18.8. The fourth-order valence-electron chi connectivity index (χ4n) is 2.99. The van der Waals surface area contributed by atoms with Crippen molar-refractivity contribution in [3.05, 3.63) is 65.7 Å². The van der Waals surface area contributed by atoms with Crippen LogP contribution in [0, 0.1) is 0 Å². The predicted octanol–water partition coefficient (Wildman–Crippen LogP) is 1.22. The van der Waals surface area contributed by atoms with Gasteiger partial charge in [-0.2, -0.15) is 0 Å². The molecule has 0 spiro atoms. The number of amides is 3. The minimum Gasteiger partial charge on any atom is -0.497 e. The fourth-order valence-corrected chi connectivity index (χ4v) is 2.99. The van der Waals surface area contributed by atoms with E-state index in [4.69, 9.17) is 9.47 Å².